The summed E-state index contributed by atoms with van der Waals surface area (Å²) in [6.07, 6.45) is 10.8. The Labute approximate surface area is 390 Å². The molecule has 9 aliphatic carbocycles. The summed E-state index contributed by atoms with van der Waals surface area (Å²) < 4.78 is 2.71. The van der Waals surface area contributed by atoms with Gasteiger partial charge in [-0.05, 0) is 195 Å². The van der Waals surface area contributed by atoms with Gasteiger partial charge in [0, 0.05) is 33.0 Å². The quantitative estimate of drug-likeness (QED) is 0.170. The van der Waals surface area contributed by atoms with Gasteiger partial charge in [0.15, 0.2) is 5.78 Å². The highest BCUT2D eigenvalue weighted by molar-refractivity contribution is 6.29. The first kappa shape index (κ1) is 36.4. The van der Waals surface area contributed by atoms with Crippen molar-refractivity contribution < 1.29 is 4.79 Å². The molecule has 2 nitrogen and oxygen atoms in total. The lowest BCUT2D eigenvalue weighted by Crippen LogP contribution is -2.26. The van der Waals surface area contributed by atoms with E-state index >= 15 is 0 Å². The maximum Gasteiger partial charge on any atom is 0.166 e. The molecule has 9 aliphatic rings. The number of carbonyl (C=O) groups is 1. The SMILES string of the molecule is O=C1c2cc3c(cc2C2CCC1CC2)c1c2c(cc4c5c6c(c(-c7ccccc7-c7ccccc7)cc5n3c41)C1CC3CC(C1)CC6C3)-c1ccccc1C21c2ccccc2-c2ccccc21. The molecule has 2 heteroatoms. The molecule has 8 aromatic carbocycles. The number of fused-ring (bicyclic) bond motifs is 19. The maximum absolute atomic E-state index is 14.8. The second-order valence-corrected chi connectivity index (χ2v) is 22.0. The Bertz CT molecular complexity index is 3800. The first-order chi connectivity index (χ1) is 33.1. The molecule has 6 bridgehead atoms. The summed E-state index contributed by atoms with van der Waals surface area (Å²) in [7, 11) is 0. The second-order valence-electron chi connectivity index (χ2n) is 22.0. The van der Waals surface area contributed by atoms with Crippen LogP contribution in [0.2, 0.25) is 0 Å². The van der Waals surface area contributed by atoms with Crippen molar-refractivity contribution in [3.8, 4) is 44.5 Å². The van der Waals surface area contributed by atoms with Crippen LogP contribution in [0.15, 0.2) is 152 Å². The third kappa shape index (κ3) is 4.35. The molecule has 3 saturated carbocycles. The Kier molecular flexibility index (Phi) is 6.84. The lowest BCUT2D eigenvalue weighted by atomic mass is 9.67. The number of hydrogen-bond donors (Lipinski definition) is 0. The number of nitrogens with zero attached hydrogens (tertiary/aromatic N) is 1. The Morgan fingerprint density at radius 3 is 1.64 bits per heavy atom. The molecule has 0 N–H and O–H groups in total. The number of benzene rings is 8. The largest absolute Gasteiger partial charge is 0.308 e. The molecule has 2 atom stereocenters. The fourth-order valence-corrected chi connectivity index (χ4v) is 16.9. The molecular formula is C65H49NO. The molecule has 2 aromatic heterocycles. The van der Waals surface area contributed by atoms with Crippen LogP contribution in [0.3, 0.4) is 0 Å². The first-order valence-corrected chi connectivity index (χ1v) is 25.5. The molecule has 0 radical (unpaired) electrons. The molecule has 0 aliphatic heterocycles. The monoisotopic (exact) mass is 859 g/mol. The number of Topliss-reactive ketones (excluding diaryl/α,β-unsaturated/α-hetero) is 1. The summed E-state index contributed by atoms with van der Waals surface area (Å²) in [5, 5.41) is 5.63. The van der Waals surface area contributed by atoms with E-state index in [0.29, 0.717) is 23.5 Å². The summed E-state index contributed by atoms with van der Waals surface area (Å²) >= 11 is 0. The number of rotatable bonds is 2. The average molecular weight is 860 g/mol. The highest BCUT2D eigenvalue weighted by Crippen LogP contribution is 2.67. The molecule has 19 rings (SSSR count). The fraction of sp³-hybridized carbons (Fsp3) is 0.246. The van der Waals surface area contributed by atoms with E-state index in [-0.39, 0.29) is 5.92 Å². The van der Waals surface area contributed by atoms with E-state index in [0.717, 1.165) is 43.1 Å². The van der Waals surface area contributed by atoms with E-state index in [1.165, 1.54) is 143 Å². The van der Waals surface area contributed by atoms with Crippen LogP contribution in [0.25, 0.3) is 82.6 Å². The summed E-state index contributed by atoms with van der Waals surface area (Å²) in [6, 6.07) is 58.7. The summed E-state index contributed by atoms with van der Waals surface area (Å²) in [5.41, 5.74) is 25.4. The normalized spacial score (nSPS) is 24.3. The van der Waals surface area contributed by atoms with Gasteiger partial charge in [-0.1, -0.05) is 127 Å². The van der Waals surface area contributed by atoms with Gasteiger partial charge in [0.05, 0.1) is 22.0 Å². The first-order valence-electron chi connectivity index (χ1n) is 25.5. The minimum atomic E-state index is -0.485. The number of hydrogen-bond acceptors (Lipinski definition) is 1. The van der Waals surface area contributed by atoms with E-state index in [4.69, 9.17) is 0 Å². The predicted molar refractivity (Wildman–Crippen MR) is 273 cm³/mol. The van der Waals surface area contributed by atoms with Gasteiger partial charge >= 0.3 is 0 Å². The van der Waals surface area contributed by atoms with Crippen LogP contribution < -0.4 is 0 Å². The molecule has 0 amide bonds. The molecule has 0 saturated heterocycles. The topological polar surface area (TPSA) is 21.5 Å². The van der Waals surface area contributed by atoms with Crippen LogP contribution in [0.5, 0.6) is 0 Å². The van der Waals surface area contributed by atoms with Crippen LogP contribution in [-0.4, -0.2) is 10.2 Å². The van der Waals surface area contributed by atoms with Crippen LogP contribution in [0.4, 0.5) is 0 Å². The summed E-state index contributed by atoms with van der Waals surface area (Å²) in [6.45, 7) is 0. The molecule has 3 fully saturated rings. The van der Waals surface area contributed by atoms with Crippen molar-refractivity contribution in [2.24, 2.45) is 17.8 Å². The van der Waals surface area contributed by atoms with E-state index in [9.17, 15) is 4.79 Å². The highest BCUT2D eigenvalue weighted by Gasteiger charge is 2.54. The van der Waals surface area contributed by atoms with Crippen LogP contribution in [-0.2, 0) is 5.41 Å². The van der Waals surface area contributed by atoms with Crippen molar-refractivity contribution in [3.63, 3.8) is 0 Å². The van der Waals surface area contributed by atoms with Crippen LogP contribution in [0.1, 0.15) is 125 Å². The van der Waals surface area contributed by atoms with Crippen LogP contribution in [0, 0.1) is 17.8 Å². The number of carbonyl (C=O) groups excluding carboxylic acids is 1. The molecule has 67 heavy (non-hydrogen) atoms. The zero-order valence-corrected chi connectivity index (χ0v) is 37.6. The molecule has 10 aromatic rings. The number of ketones is 1. The van der Waals surface area contributed by atoms with Gasteiger partial charge in [0.2, 0.25) is 0 Å². The Morgan fingerprint density at radius 2 is 0.970 bits per heavy atom. The minimum absolute atomic E-state index is 0.136. The van der Waals surface area contributed by atoms with Gasteiger partial charge in [-0.3, -0.25) is 4.79 Å². The van der Waals surface area contributed by atoms with Crippen molar-refractivity contribution in [2.75, 3.05) is 0 Å². The van der Waals surface area contributed by atoms with Gasteiger partial charge < -0.3 is 4.40 Å². The van der Waals surface area contributed by atoms with E-state index in [1.54, 1.807) is 11.1 Å². The Balaban J connectivity index is 1.11. The highest BCUT2D eigenvalue weighted by atomic mass is 16.1. The third-order valence-corrected chi connectivity index (χ3v) is 19.1. The van der Waals surface area contributed by atoms with Gasteiger partial charge in [-0.15, -0.1) is 0 Å². The van der Waals surface area contributed by atoms with Gasteiger partial charge in [-0.2, -0.15) is 0 Å². The molecule has 1 spiro atoms. The second kappa shape index (κ2) is 12.6. The standard InChI is InChI=1S/C65H49NO/c67-64-39-24-22-38(23-25-39)47-31-51-56(34-50(47)64)66-57-33-48(43-15-5-4-14-42(43)37-12-2-1-3-13-37)58-40-27-35-26-36(28-40)30-41(29-35)59(58)60(57)52-32-49-46-18-8-11-21-55(46)65(62(49)61(51)63(52)66)53-19-9-6-16-44(53)45-17-7-10-20-54(45)65/h1-21,31-36,38-41H,22-30H2. The average Bonchev–Trinajstić information content (AvgIpc) is 3.99. The van der Waals surface area contributed by atoms with Crippen molar-refractivity contribution in [2.45, 2.75) is 81.0 Å². The van der Waals surface area contributed by atoms with E-state index in [1.807, 2.05) is 0 Å². The maximum atomic E-state index is 14.8. The van der Waals surface area contributed by atoms with Gasteiger partial charge in [-0.25, -0.2) is 0 Å². The molecular weight excluding hydrogens is 811 g/mol. The zero-order valence-electron chi connectivity index (χ0n) is 37.6. The van der Waals surface area contributed by atoms with Crippen molar-refractivity contribution >= 4 is 43.9 Å². The lowest BCUT2D eigenvalue weighted by Gasteiger charge is -2.38. The van der Waals surface area contributed by atoms with Gasteiger partial charge in [0.1, 0.15) is 0 Å². The zero-order chi connectivity index (χ0) is 43.4. The number of aromatic nitrogens is 1. The summed E-state index contributed by atoms with van der Waals surface area (Å²) in [5.74, 6) is 3.60. The van der Waals surface area contributed by atoms with Crippen molar-refractivity contribution in [1.82, 2.24) is 4.40 Å². The van der Waals surface area contributed by atoms with Crippen LogP contribution >= 0.6 is 0 Å². The van der Waals surface area contributed by atoms with Crippen molar-refractivity contribution in [1.29, 1.82) is 0 Å². The van der Waals surface area contributed by atoms with Crippen molar-refractivity contribution in [3.05, 3.63) is 196 Å². The molecule has 2 heterocycles. The third-order valence-electron chi connectivity index (χ3n) is 19.1. The van der Waals surface area contributed by atoms with E-state index < -0.39 is 5.41 Å². The molecule has 2 unspecified atom stereocenters. The van der Waals surface area contributed by atoms with E-state index in [2.05, 4.69) is 156 Å². The predicted octanol–water partition coefficient (Wildman–Crippen LogP) is 16.4. The van der Waals surface area contributed by atoms with Gasteiger partial charge in [0.25, 0.3) is 0 Å². The minimum Gasteiger partial charge on any atom is -0.308 e. The summed E-state index contributed by atoms with van der Waals surface area (Å²) in [4.78, 5) is 14.8. The fourth-order valence-electron chi connectivity index (χ4n) is 16.9. The Morgan fingerprint density at radius 1 is 0.418 bits per heavy atom. The smallest absolute Gasteiger partial charge is 0.166 e. The molecule has 320 valence electrons. The Hall–Kier alpha value is -6.77. The lowest BCUT2D eigenvalue weighted by molar-refractivity contribution is 0.0898.